The second-order valence-corrected chi connectivity index (χ2v) is 6.01. The quantitative estimate of drug-likeness (QED) is 0.814. The molecule has 0 radical (unpaired) electrons. The number of carbonyl (C=O) groups excluding carboxylic acids is 2. The van der Waals surface area contributed by atoms with E-state index >= 15 is 0 Å². The van der Waals surface area contributed by atoms with E-state index in [2.05, 4.69) is 5.32 Å². The number of benzene rings is 2. The van der Waals surface area contributed by atoms with Crippen molar-refractivity contribution < 1.29 is 31.5 Å². The highest BCUT2D eigenvalue weighted by Crippen LogP contribution is 2.35. The van der Waals surface area contributed by atoms with E-state index in [9.17, 15) is 31.5 Å². The number of nitrogens with one attached hydrogen (secondary N) is 1. The number of nitrogens with zero attached hydrogens (tertiary/aromatic N) is 1. The Kier molecular flexibility index (Phi) is 4.86. The highest BCUT2D eigenvalue weighted by atomic mass is 19.4. The van der Waals surface area contributed by atoms with E-state index in [1.165, 1.54) is 12.1 Å². The Morgan fingerprint density at radius 3 is 2.30 bits per heavy atom. The third-order valence-electron chi connectivity index (χ3n) is 4.19. The lowest BCUT2D eigenvalue weighted by Gasteiger charge is -2.18. The Hall–Kier alpha value is -2.97. The molecule has 1 N–H and O–H groups in total. The normalized spacial score (nSPS) is 17.3. The van der Waals surface area contributed by atoms with Crippen LogP contribution in [0.5, 0.6) is 0 Å². The molecule has 0 aliphatic carbocycles. The second kappa shape index (κ2) is 6.98. The molecule has 0 aromatic heterocycles. The number of anilines is 2. The zero-order chi connectivity index (χ0) is 19.8. The highest BCUT2D eigenvalue weighted by molar-refractivity contribution is 6.03. The van der Waals surface area contributed by atoms with Crippen molar-refractivity contribution in [3.8, 4) is 0 Å². The maximum atomic E-state index is 13.9. The van der Waals surface area contributed by atoms with Gasteiger partial charge in [0.2, 0.25) is 11.8 Å². The van der Waals surface area contributed by atoms with Crippen LogP contribution in [0.4, 0.5) is 33.3 Å². The highest BCUT2D eigenvalue weighted by Gasteiger charge is 2.39. The van der Waals surface area contributed by atoms with E-state index in [0.29, 0.717) is 0 Å². The Balaban J connectivity index is 1.80. The lowest BCUT2D eigenvalue weighted by atomic mass is 10.1. The molecular weight excluding hydrogens is 371 g/mol. The van der Waals surface area contributed by atoms with Crippen molar-refractivity contribution in [1.82, 2.24) is 0 Å². The molecule has 1 heterocycles. The summed E-state index contributed by atoms with van der Waals surface area (Å²) in [4.78, 5) is 25.2. The summed E-state index contributed by atoms with van der Waals surface area (Å²) in [5.41, 5.74) is -2.05. The van der Waals surface area contributed by atoms with Gasteiger partial charge in [0.05, 0.1) is 17.2 Å². The predicted octanol–water partition coefficient (Wildman–Crippen LogP) is 3.98. The fourth-order valence-electron chi connectivity index (χ4n) is 2.92. The summed E-state index contributed by atoms with van der Waals surface area (Å²) in [5.74, 6) is -4.50. The average Bonchev–Trinajstić information content (AvgIpc) is 2.96. The number of para-hydroxylation sites is 2. The Labute approximate surface area is 150 Å². The van der Waals surface area contributed by atoms with Gasteiger partial charge in [-0.1, -0.05) is 18.2 Å². The molecule has 1 saturated heterocycles. The Morgan fingerprint density at radius 2 is 1.67 bits per heavy atom. The molecular formula is C18H13F5N2O2. The van der Waals surface area contributed by atoms with Crippen LogP contribution in [0.1, 0.15) is 12.0 Å². The predicted molar refractivity (Wildman–Crippen MR) is 86.9 cm³/mol. The minimum absolute atomic E-state index is 0.337. The average molecular weight is 384 g/mol. The maximum absolute atomic E-state index is 13.9. The van der Waals surface area contributed by atoms with E-state index < -0.39 is 52.5 Å². The van der Waals surface area contributed by atoms with Gasteiger partial charge in [-0.2, -0.15) is 13.2 Å². The summed E-state index contributed by atoms with van der Waals surface area (Å²) in [5, 5.41) is 2.16. The van der Waals surface area contributed by atoms with Gasteiger partial charge in [-0.15, -0.1) is 0 Å². The standard InChI is InChI=1S/C18H13F5N2O2/c19-12-5-3-6-13(20)16(12)25-9-10(8-15(25)26)17(27)24-14-7-2-1-4-11(14)18(21,22)23/h1-7,10H,8-9H2,(H,24,27). The summed E-state index contributed by atoms with van der Waals surface area (Å²) in [6.07, 6.45) is -5.04. The Bertz CT molecular complexity index is 877. The van der Waals surface area contributed by atoms with Gasteiger partial charge in [0.15, 0.2) is 0 Å². The van der Waals surface area contributed by atoms with Crippen molar-refractivity contribution in [2.45, 2.75) is 12.6 Å². The van der Waals surface area contributed by atoms with E-state index in [1.54, 1.807) is 0 Å². The molecule has 1 unspecified atom stereocenters. The molecule has 3 rings (SSSR count). The van der Waals surface area contributed by atoms with Gasteiger partial charge in [-0.05, 0) is 24.3 Å². The lowest BCUT2D eigenvalue weighted by molar-refractivity contribution is -0.137. The van der Waals surface area contributed by atoms with Crippen LogP contribution >= 0.6 is 0 Å². The smallest absolute Gasteiger partial charge is 0.325 e. The van der Waals surface area contributed by atoms with E-state index in [4.69, 9.17) is 0 Å². The maximum Gasteiger partial charge on any atom is 0.418 e. The molecule has 0 bridgehead atoms. The number of halogens is 5. The van der Waals surface area contributed by atoms with Crippen molar-refractivity contribution in [2.24, 2.45) is 5.92 Å². The number of carbonyl (C=O) groups is 2. The van der Waals surface area contributed by atoms with Crippen LogP contribution in [0, 0.1) is 17.6 Å². The molecule has 2 aromatic rings. The molecule has 4 nitrogen and oxygen atoms in total. The molecule has 2 aromatic carbocycles. The SMILES string of the molecule is O=C(Nc1ccccc1C(F)(F)F)C1CC(=O)N(c2c(F)cccc2F)C1. The van der Waals surface area contributed by atoms with Crippen LogP contribution in [0.3, 0.4) is 0 Å². The largest absolute Gasteiger partial charge is 0.418 e. The minimum atomic E-state index is -4.67. The zero-order valence-corrected chi connectivity index (χ0v) is 13.7. The first-order valence-electron chi connectivity index (χ1n) is 7.90. The van der Waals surface area contributed by atoms with Crippen LogP contribution in [0.25, 0.3) is 0 Å². The number of rotatable bonds is 3. The van der Waals surface area contributed by atoms with Gasteiger partial charge in [0, 0.05) is 13.0 Å². The van der Waals surface area contributed by atoms with Crippen molar-refractivity contribution in [1.29, 1.82) is 0 Å². The first-order chi connectivity index (χ1) is 12.7. The van der Waals surface area contributed by atoms with E-state index in [1.807, 2.05) is 0 Å². The zero-order valence-electron chi connectivity index (χ0n) is 13.7. The minimum Gasteiger partial charge on any atom is -0.325 e. The summed E-state index contributed by atoms with van der Waals surface area (Å²) < 4.78 is 66.8. The Morgan fingerprint density at radius 1 is 1.04 bits per heavy atom. The molecule has 1 fully saturated rings. The molecule has 1 aliphatic heterocycles. The second-order valence-electron chi connectivity index (χ2n) is 6.01. The first-order valence-corrected chi connectivity index (χ1v) is 7.90. The van der Waals surface area contributed by atoms with Crippen LogP contribution in [-0.4, -0.2) is 18.4 Å². The van der Waals surface area contributed by atoms with Gasteiger partial charge in [0.25, 0.3) is 0 Å². The molecule has 9 heteroatoms. The molecule has 1 atom stereocenters. The topological polar surface area (TPSA) is 49.4 Å². The van der Waals surface area contributed by atoms with E-state index in [0.717, 1.165) is 35.2 Å². The van der Waals surface area contributed by atoms with Gasteiger partial charge in [-0.25, -0.2) is 8.78 Å². The van der Waals surface area contributed by atoms with Crippen LogP contribution in [0.15, 0.2) is 42.5 Å². The van der Waals surface area contributed by atoms with Gasteiger partial charge < -0.3 is 10.2 Å². The molecule has 27 heavy (non-hydrogen) atoms. The number of alkyl halides is 3. The molecule has 0 spiro atoms. The molecule has 2 amide bonds. The number of hydrogen-bond acceptors (Lipinski definition) is 2. The lowest BCUT2D eigenvalue weighted by Crippen LogP contribution is -2.29. The molecule has 0 saturated carbocycles. The monoisotopic (exact) mass is 384 g/mol. The molecule has 142 valence electrons. The van der Waals surface area contributed by atoms with Gasteiger partial charge in [0.1, 0.15) is 17.3 Å². The summed E-state index contributed by atoms with van der Waals surface area (Å²) in [6.45, 7) is -0.337. The van der Waals surface area contributed by atoms with Crippen LogP contribution in [-0.2, 0) is 15.8 Å². The fourth-order valence-corrected chi connectivity index (χ4v) is 2.92. The summed E-state index contributed by atoms with van der Waals surface area (Å²) in [7, 11) is 0. The van der Waals surface area contributed by atoms with Crippen molar-refractivity contribution >= 4 is 23.2 Å². The van der Waals surface area contributed by atoms with Crippen molar-refractivity contribution in [2.75, 3.05) is 16.8 Å². The summed E-state index contributed by atoms with van der Waals surface area (Å²) in [6, 6.07) is 7.48. The summed E-state index contributed by atoms with van der Waals surface area (Å²) >= 11 is 0. The number of hydrogen-bond donors (Lipinski definition) is 1. The van der Waals surface area contributed by atoms with Gasteiger partial charge >= 0.3 is 6.18 Å². The third kappa shape index (κ3) is 3.76. The first kappa shape index (κ1) is 18.8. The van der Waals surface area contributed by atoms with Crippen LogP contribution < -0.4 is 10.2 Å². The van der Waals surface area contributed by atoms with Crippen molar-refractivity contribution in [3.63, 3.8) is 0 Å². The fraction of sp³-hybridized carbons (Fsp3) is 0.222. The third-order valence-corrected chi connectivity index (χ3v) is 4.19. The van der Waals surface area contributed by atoms with Gasteiger partial charge in [-0.3, -0.25) is 9.59 Å². The number of amides is 2. The van der Waals surface area contributed by atoms with Crippen LogP contribution in [0.2, 0.25) is 0 Å². The molecule has 1 aliphatic rings. The van der Waals surface area contributed by atoms with E-state index in [-0.39, 0.29) is 13.0 Å². The van der Waals surface area contributed by atoms with Crippen molar-refractivity contribution in [3.05, 3.63) is 59.7 Å².